The third kappa shape index (κ3) is 8.38. The second-order valence-corrected chi connectivity index (χ2v) is 14.5. The highest BCUT2D eigenvalue weighted by Crippen LogP contribution is 2.62. The van der Waals surface area contributed by atoms with Crippen LogP contribution in [0.5, 0.6) is 5.75 Å². The van der Waals surface area contributed by atoms with Crippen molar-refractivity contribution in [1.29, 1.82) is 0 Å². The van der Waals surface area contributed by atoms with Crippen molar-refractivity contribution in [2.24, 2.45) is 0 Å². The van der Waals surface area contributed by atoms with E-state index in [-0.39, 0.29) is 11.9 Å². The van der Waals surface area contributed by atoms with Crippen LogP contribution >= 0.6 is 10.0 Å². The fourth-order valence-electron chi connectivity index (χ4n) is 5.70. The molecule has 0 spiro atoms. The van der Waals surface area contributed by atoms with Crippen molar-refractivity contribution in [1.82, 2.24) is 9.55 Å². The third-order valence-electron chi connectivity index (χ3n) is 7.94. The molecule has 0 amide bonds. The van der Waals surface area contributed by atoms with E-state index in [1.165, 1.54) is 66.6 Å². The summed E-state index contributed by atoms with van der Waals surface area (Å²) in [5, 5.41) is 1.47. The topological polar surface area (TPSA) is 36.3 Å². The Kier molecular flexibility index (Phi) is 13.7. The van der Waals surface area contributed by atoms with Gasteiger partial charge < -0.3 is 14.0 Å². The van der Waals surface area contributed by atoms with Crippen molar-refractivity contribution in [3.05, 3.63) is 65.7 Å². The summed E-state index contributed by atoms with van der Waals surface area (Å²) in [5.74, 6) is 5.61. The number of imidazole rings is 1. The number of unbranched alkanes of at least 4 members (excludes halogenated alkanes) is 3. The van der Waals surface area contributed by atoms with E-state index in [1.807, 2.05) is 38.1 Å². The number of aromatic nitrogens is 2. The molecule has 2 aromatic carbocycles. The Labute approximate surface area is 250 Å². The number of halogens is 1. The molecule has 1 aliphatic rings. The Hall–Kier alpha value is -2.31. The monoisotopic (exact) mass is 584 g/mol. The zero-order chi connectivity index (χ0) is 29.7. The summed E-state index contributed by atoms with van der Waals surface area (Å²) in [7, 11) is 0.577. The molecule has 0 aliphatic carbocycles. The lowest BCUT2D eigenvalue weighted by atomic mass is 10.1. The number of hydrogen-bond acceptors (Lipinski definition) is 3. The lowest BCUT2D eigenvalue weighted by Gasteiger charge is -2.42. The highest BCUT2D eigenvalue weighted by atomic mass is 32.3. The van der Waals surface area contributed by atoms with E-state index in [0.29, 0.717) is 13.2 Å². The van der Waals surface area contributed by atoms with Gasteiger partial charge in [-0.25, -0.2) is 9.37 Å². The van der Waals surface area contributed by atoms with E-state index < -0.39 is 10.0 Å². The van der Waals surface area contributed by atoms with E-state index in [1.54, 1.807) is 19.2 Å². The molecule has 3 aromatic rings. The summed E-state index contributed by atoms with van der Waals surface area (Å²) >= 11 is 0. The Morgan fingerprint density at radius 1 is 0.878 bits per heavy atom. The summed E-state index contributed by atoms with van der Waals surface area (Å²) < 4.78 is 28.2. The van der Waals surface area contributed by atoms with Gasteiger partial charge in [0, 0.05) is 12.0 Å². The zero-order valence-corrected chi connectivity index (χ0v) is 27.2. The van der Waals surface area contributed by atoms with Crippen LogP contribution in [0, 0.1) is 5.82 Å². The van der Waals surface area contributed by atoms with Crippen molar-refractivity contribution >= 4 is 10.0 Å². The van der Waals surface area contributed by atoms with Gasteiger partial charge in [-0.05, 0) is 84.9 Å². The number of benzene rings is 2. The second-order valence-electron chi connectivity index (χ2n) is 10.8. The summed E-state index contributed by atoms with van der Waals surface area (Å²) in [5.41, 5.74) is 3.30. The molecule has 4 nitrogen and oxygen atoms in total. The molecule has 228 valence electrons. The maximum Gasteiger partial charge on any atom is 0.123 e. The minimum Gasteiger partial charge on any atom is -0.497 e. The molecule has 0 radical (unpaired) electrons. The van der Waals surface area contributed by atoms with Gasteiger partial charge in [-0.2, -0.15) is 10.0 Å². The molecule has 1 aliphatic heterocycles. The quantitative estimate of drug-likeness (QED) is 0.168. The molecular weight excluding hydrogens is 531 g/mol. The van der Waals surface area contributed by atoms with Crippen LogP contribution in [0.1, 0.15) is 97.0 Å². The van der Waals surface area contributed by atoms with Gasteiger partial charge in [0.1, 0.15) is 23.1 Å². The molecule has 0 unspecified atom stereocenters. The van der Waals surface area contributed by atoms with Crippen molar-refractivity contribution < 1.29 is 13.9 Å². The average Bonchev–Trinajstić information content (AvgIpc) is 3.59. The number of rotatable bonds is 16. The van der Waals surface area contributed by atoms with Crippen LogP contribution in [-0.4, -0.2) is 40.5 Å². The van der Waals surface area contributed by atoms with Gasteiger partial charge >= 0.3 is 0 Å². The minimum absolute atomic E-state index is 0.196. The largest absolute Gasteiger partial charge is 0.497 e. The standard InChI is InChI=1S/C33H47FN2O2S.C2H6/c1-5-8-21-39(22-9-6-2,23-10-7-3)33-32(27-13-15-28(34)16-14-27)35-31-20-17-29(36(31)33)25-38-24-26-11-18-30(37-4)19-12-26;1-2/h11-16,18-19,29H,5-10,17,20-25H2,1-4H3;1-2H3/t29-;/m0./s1. The Morgan fingerprint density at radius 3 is 2.00 bits per heavy atom. The second kappa shape index (κ2) is 17.0. The lowest BCUT2D eigenvalue weighted by Crippen LogP contribution is -2.22. The molecular formula is C35H53FN2O2S. The van der Waals surface area contributed by atoms with Crippen LogP contribution in [-0.2, 0) is 17.8 Å². The first-order chi connectivity index (χ1) is 20.0. The minimum atomic E-state index is -1.11. The van der Waals surface area contributed by atoms with Crippen molar-refractivity contribution in [3.63, 3.8) is 0 Å². The first kappa shape index (κ1) is 33.2. The first-order valence-electron chi connectivity index (χ1n) is 15.9. The molecule has 0 N–H and O–H groups in total. The van der Waals surface area contributed by atoms with Gasteiger partial charge in [0.2, 0.25) is 0 Å². The molecule has 1 aromatic heterocycles. The Balaban J connectivity index is 0.00000226. The highest BCUT2D eigenvalue weighted by Gasteiger charge is 2.38. The summed E-state index contributed by atoms with van der Waals surface area (Å²) in [4.78, 5) is 5.31. The molecule has 1 atom stereocenters. The van der Waals surface area contributed by atoms with Crippen LogP contribution in [0.3, 0.4) is 0 Å². The molecule has 41 heavy (non-hydrogen) atoms. The van der Waals surface area contributed by atoms with Gasteiger partial charge in [0.15, 0.2) is 0 Å². The number of hydrogen-bond donors (Lipinski definition) is 0. The van der Waals surface area contributed by atoms with Gasteiger partial charge in [-0.3, -0.25) is 0 Å². The SMILES string of the molecule is CC.CCCCS(CCCC)(CCCC)c1c(-c2ccc(F)cc2)nc2n1[C@H](COCc1ccc(OC)cc1)CC2. The maximum absolute atomic E-state index is 13.9. The van der Waals surface area contributed by atoms with Gasteiger partial charge in [0.25, 0.3) is 0 Å². The Bertz CT molecular complexity index is 1140. The van der Waals surface area contributed by atoms with E-state index in [2.05, 4.69) is 37.5 Å². The number of methoxy groups -OCH3 is 1. The van der Waals surface area contributed by atoms with Crippen molar-refractivity contribution in [2.75, 3.05) is 31.0 Å². The summed E-state index contributed by atoms with van der Waals surface area (Å²) in [6, 6.07) is 15.4. The number of ether oxygens (including phenoxy) is 2. The van der Waals surface area contributed by atoms with Crippen molar-refractivity contribution in [3.8, 4) is 17.0 Å². The fraction of sp³-hybridized carbons (Fsp3) is 0.571. The normalized spacial score (nSPS) is 14.9. The molecule has 2 heterocycles. The molecule has 0 fully saturated rings. The lowest BCUT2D eigenvalue weighted by molar-refractivity contribution is 0.0901. The van der Waals surface area contributed by atoms with Gasteiger partial charge in [0.05, 0.1) is 31.4 Å². The Morgan fingerprint density at radius 2 is 1.46 bits per heavy atom. The van der Waals surface area contributed by atoms with Gasteiger partial charge in [-0.15, -0.1) is 0 Å². The third-order valence-corrected chi connectivity index (χ3v) is 12.4. The van der Waals surface area contributed by atoms with E-state index >= 15 is 0 Å². The average molecular weight is 585 g/mol. The molecule has 4 rings (SSSR count). The predicted octanol–water partition coefficient (Wildman–Crippen LogP) is 9.99. The number of aryl methyl sites for hydroxylation is 1. The first-order valence-corrected chi connectivity index (χ1v) is 18.0. The molecule has 6 heteroatoms. The van der Waals surface area contributed by atoms with Crippen LogP contribution in [0.2, 0.25) is 0 Å². The van der Waals surface area contributed by atoms with Gasteiger partial charge in [-0.1, -0.05) is 66.0 Å². The van der Waals surface area contributed by atoms with E-state index in [4.69, 9.17) is 14.5 Å². The van der Waals surface area contributed by atoms with E-state index in [0.717, 1.165) is 35.4 Å². The van der Waals surface area contributed by atoms with Crippen molar-refractivity contribution in [2.45, 2.75) is 104 Å². The smallest absolute Gasteiger partial charge is 0.123 e. The summed E-state index contributed by atoms with van der Waals surface area (Å²) in [6.07, 6.45) is 9.36. The highest BCUT2D eigenvalue weighted by molar-refractivity contribution is 8.33. The predicted molar refractivity (Wildman–Crippen MR) is 174 cm³/mol. The molecule has 0 saturated heterocycles. The fourth-order valence-corrected chi connectivity index (χ4v) is 10.7. The van der Waals surface area contributed by atoms with E-state index in [9.17, 15) is 4.39 Å². The van der Waals surface area contributed by atoms with Crippen LogP contribution in [0.25, 0.3) is 11.3 Å². The van der Waals surface area contributed by atoms with Crippen LogP contribution < -0.4 is 4.74 Å². The molecule has 0 saturated carbocycles. The number of nitrogens with zero attached hydrogens (tertiary/aromatic N) is 2. The van der Waals surface area contributed by atoms with Crippen LogP contribution in [0.4, 0.5) is 4.39 Å². The zero-order valence-electron chi connectivity index (χ0n) is 26.4. The number of fused-ring (bicyclic) bond motifs is 1. The molecule has 0 bridgehead atoms. The maximum atomic E-state index is 13.9. The van der Waals surface area contributed by atoms with Crippen LogP contribution in [0.15, 0.2) is 53.6 Å². The summed E-state index contributed by atoms with van der Waals surface area (Å²) in [6.45, 7) is 12.2.